The molecule has 9 heteroatoms. The Labute approximate surface area is 206 Å². The molecule has 0 aromatic heterocycles. The number of rotatable bonds is 11. The van der Waals surface area contributed by atoms with Crippen LogP contribution in [0.3, 0.4) is 0 Å². The molecule has 0 saturated carbocycles. The van der Waals surface area contributed by atoms with Gasteiger partial charge < -0.3 is 23.7 Å². The summed E-state index contributed by atoms with van der Waals surface area (Å²) in [5.41, 5.74) is 2.34. The van der Waals surface area contributed by atoms with Crippen LogP contribution < -0.4 is 0 Å². The van der Waals surface area contributed by atoms with E-state index < -0.39 is 24.3 Å². The Morgan fingerprint density at radius 1 is 1.17 bits per heavy atom. The molecule has 2 rings (SSSR count). The maximum atomic E-state index is 13.1. The molecular weight excluding hydrogens is 456 g/mol. The number of hydrogen-bond donors (Lipinski definition) is 0. The van der Waals surface area contributed by atoms with Gasteiger partial charge in [-0.1, -0.05) is 18.2 Å². The van der Waals surface area contributed by atoms with Gasteiger partial charge in [-0.05, 0) is 38.7 Å². The second-order valence-electron chi connectivity index (χ2n) is 9.08. The number of fused-ring (bicyclic) bond motifs is 1. The van der Waals surface area contributed by atoms with Crippen LogP contribution in [0.2, 0.25) is 0 Å². The lowest BCUT2D eigenvalue weighted by molar-refractivity contribution is -0.177. The Bertz CT molecular complexity index is 885. The van der Waals surface area contributed by atoms with E-state index in [1.165, 1.54) is 27.0 Å². The van der Waals surface area contributed by atoms with Crippen LogP contribution in [0.15, 0.2) is 35.6 Å². The van der Waals surface area contributed by atoms with Crippen molar-refractivity contribution >= 4 is 23.9 Å². The molecule has 0 amide bonds. The van der Waals surface area contributed by atoms with Gasteiger partial charge in [0.2, 0.25) is 6.29 Å². The monoisotopic (exact) mass is 492 g/mol. The summed E-state index contributed by atoms with van der Waals surface area (Å²) in [7, 11) is 0. The van der Waals surface area contributed by atoms with Crippen molar-refractivity contribution in [1.82, 2.24) is 0 Å². The van der Waals surface area contributed by atoms with E-state index in [1.54, 1.807) is 0 Å². The lowest BCUT2D eigenvalue weighted by Crippen LogP contribution is -2.44. The minimum Gasteiger partial charge on any atom is -0.463 e. The van der Waals surface area contributed by atoms with Gasteiger partial charge in [-0.3, -0.25) is 19.2 Å². The van der Waals surface area contributed by atoms with Crippen molar-refractivity contribution < 1.29 is 42.9 Å². The SMILES string of the molecule is C=C(CCCC(C)OC(C)=O)[C@@H]1C(=O)O[C@@H](C/C=C(/C)COC(C)=O)C2=CO[C@H](OC(C)=O)C[C@H]21. The predicted octanol–water partition coefficient (Wildman–Crippen LogP) is 3.92. The molecule has 0 radical (unpaired) electrons. The third-order valence-electron chi connectivity index (χ3n) is 5.91. The normalized spacial score (nSPS) is 24.7. The van der Waals surface area contributed by atoms with Crippen LogP contribution in [-0.4, -0.2) is 49.0 Å². The molecule has 35 heavy (non-hydrogen) atoms. The van der Waals surface area contributed by atoms with Crippen molar-refractivity contribution in [1.29, 1.82) is 0 Å². The highest BCUT2D eigenvalue weighted by atomic mass is 16.7. The second-order valence-corrected chi connectivity index (χ2v) is 9.08. The quantitative estimate of drug-likeness (QED) is 0.240. The molecule has 9 nitrogen and oxygen atoms in total. The fourth-order valence-corrected chi connectivity index (χ4v) is 4.32. The summed E-state index contributed by atoms with van der Waals surface area (Å²) in [5, 5.41) is 0. The van der Waals surface area contributed by atoms with E-state index in [4.69, 9.17) is 23.7 Å². The molecule has 0 aromatic carbocycles. The maximum absolute atomic E-state index is 13.1. The van der Waals surface area contributed by atoms with E-state index in [1.807, 2.05) is 19.9 Å². The number of carbonyl (C=O) groups is 4. The Morgan fingerprint density at radius 2 is 1.89 bits per heavy atom. The summed E-state index contributed by atoms with van der Waals surface area (Å²) < 4.78 is 26.8. The minimum absolute atomic E-state index is 0.161. The van der Waals surface area contributed by atoms with Crippen LogP contribution in [0.25, 0.3) is 0 Å². The molecule has 0 N–H and O–H groups in total. The van der Waals surface area contributed by atoms with Crippen molar-refractivity contribution in [3.05, 3.63) is 35.6 Å². The standard InChI is InChI=1S/C26H36O9/c1-15(13-31-18(4)27)10-11-23-22-14-32-24(34-20(6)29)12-21(22)25(26(30)35-23)16(2)8-7-9-17(3)33-19(5)28/h10,14,17,21,23-25H,2,7-9,11-13H2,1,3-6H3/b15-10-/t17?,21-,23+,24-,25+/m1/s1. The smallest absolute Gasteiger partial charge is 0.314 e. The number of cyclic esters (lactones) is 1. The number of hydrogen-bond acceptors (Lipinski definition) is 9. The fourth-order valence-electron chi connectivity index (χ4n) is 4.32. The average molecular weight is 493 g/mol. The molecule has 0 spiro atoms. The second kappa shape index (κ2) is 13.1. The highest BCUT2D eigenvalue weighted by molar-refractivity contribution is 5.78. The highest BCUT2D eigenvalue weighted by Gasteiger charge is 2.46. The first-order valence-electron chi connectivity index (χ1n) is 11.8. The average Bonchev–Trinajstić information content (AvgIpc) is 2.74. The Balaban J connectivity index is 2.14. The number of ether oxygens (including phenoxy) is 5. The van der Waals surface area contributed by atoms with Gasteiger partial charge in [0.25, 0.3) is 0 Å². The van der Waals surface area contributed by atoms with Crippen LogP contribution in [-0.2, 0) is 42.9 Å². The highest BCUT2D eigenvalue weighted by Crippen LogP contribution is 2.43. The first kappa shape index (κ1) is 28.1. The summed E-state index contributed by atoms with van der Waals surface area (Å²) in [4.78, 5) is 46.7. The summed E-state index contributed by atoms with van der Waals surface area (Å²) in [6, 6.07) is 0. The van der Waals surface area contributed by atoms with Gasteiger partial charge in [0.05, 0.1) is 18.3 Å². The van der Waals surface area contributed by atoms with E-state index in [9.17, 15) is 19.2 Å². The number of carbonyl (C=O) groups excluding carboxylic acids is 4. The minimum atomic E-state index is -0.798. The van der Waals surface area contributed by atoms with Crippen molar-refractivity contribution in [2.24, 2.45) is 11.8 Å². The van der Waals surface area contributed by atoms with E-state index in [0.717, 1.165) is 11.1 Å². The molecule has 1 saturated heterocycles. The maximum Gasteiger partial charge on any atom is 0.314 e. The number of esters is 4. The zero-order valence-electron chi connectivity index (χ0n) is 21.2. The van der Waals surface area contributed by atoms with E-state index in [0.29, 0.717) is 37.7 Å². The van der Waals surface area contributed by atoms with Gasteiger partial charge in [-0.2, -0.15) is 0 Å². The summed E-state index contributed by atoms with van der Waals surface area (Å²) >= 11 is 0. The van der Waals surface area contributed by atoms with Crippen LogP contribution >= 0.6 is 0 Å². The van der Waals surface area contributed by atoms with E-state index in [2.05, 4.69) is 6.58 Å². The zero-order valence-corrected chi connectivity index (χ0v) is 21.2. The molecule has 5 atom stereocenters. The Hall–Kier alpha value is -3.10. The predicted molar refractivity (Wildman–Crippen MR) is 125 cm³/mol. The Morgan fingerprint density at radius 3 is 2.51 bits per heavy atom. The van der Waals surface area contributed by atoms with Gasteiger partial charge >= 0.3 is 23.9 Å². The van der Waals surface area contributed by atoms with Gasteiger partial charge in [-0.15, -0.1) is 0 Å². The van der Waals surface area contributed by atoms with Crippen molar-refractivity contribution in [2.75, 3.05) is 6.61 Å². The largest absolute Gasteiger partial charge is 0.463 e. The lowest BCUT2D eigenvalue weighted by Gasteiger charge is -2.41. The van der Waals surface area contributed by atoms with Crippen molar-refractivity contribution in [3.63, 3.8) is 0 Å². The topological polar surface area (TPSA) is 114 Å². The summed E-state index contributed by atoms with van der Waals surface area (Å²) in [5.74, 6) is -2.45. The molecule has 0 bridgehead atoms. The van der Waals surface area contributed by atoms with Crippen LogP contribution in [0.5, 0.6) is 0 Å². The molecule has 1 unspecified atom stereocenters. The van der Waals surface area contributed by atoms with E-state index in [-0.39, 0.29) is 36.5 Å². The lowest BCUT2D eigenvalue weighted by atomic mass is 9.73. The van der Waals surface area contributed by atoms with Crippen LogP contribution in [0.4, 0.5) is 0 Å². The van der Waals surface area contributed by atoms with Crippen LogP contribution in [0, 0.1) is 11.8 Å². The fraction of sp³-hybridized carbons (Fsp3) is 0.615. The van der Waals surface area contributed by atoms with Gasteiger partial charge in [0.15, 0.2) is 0 Å². The Kier molecular flexibility index (Phi) is 10.5. The summed E-state index contributed by atoms with van der Waals surface area (Å²) in [6.45, 7) is 12.0. The molecule has 0 aromatic rings. The molecule has 2 aliphatic rings. The third-order valence-corrected chi connectivity index (χ3v) is 5.91. The van der Waals surface area contributed by atoms with Gasteiger partial charge in [0, 0.05) is 45.1 Å². The third kappa shape index (κ3) is 8.88. The van der Waals surface area contributed by atoms with Gasteiger partial charge in [0.1, 0.15) is 12.7 Å². The molecule has 194 valence electrons. The molecule has 0 aliphatic carbocycles. The molecule has 2 aliphatic heterocycles. The molecular formula is C26H36O9. The first-order valence-corrected chi connectivity index (χ1v) is 11.8. The molecule has 1 fully saturated rings. The molecule has 2 heterocycles. The van der Waals surface area contributed by atoms with E-state index >= 15 is 0 Å². The van der Waals surface area contributed by atoms with Crippen molar-refractivity contribution in [3.8, 4) is 0 Å². The summed E-state index contributed by atoms with van der Waals surface area (Å²) in [6.07, 6.45) is 4.40. The first-order chi connectivity index (χ1) is 16.5. The van der Waals surface area contributed by atoms with Crippen molar-refractivity contribution in [2.45, 2.75) is 85.2 Å². The zero-order chi connectivity index (χ0) is 26.1. The van der Waals surface area contributed by atoms with Gasteiger partial charge in [-0.25, -0.2) is 0 Å². The van der Waals surface area contributed by atoms with Crippen LogP contribution in [0.1, 0.15) is 66.7 Å².